The van der Waals surface area contributed by atoms with E-state index in [9.17, 15) is 4.79 Å². The zero-order valence-corrected chi connectivity index (χ0v) is 13.5. The van der Waals surface area contributed by atoms with Gasteiger partial charge in [-0.1, -0.05) is 5.16 Å². The third-order valence-corrected chi connectivity index (χ3v) is 4.74. The fraction of sp³-hybridized carbons (Fsp3) is 0.529. The fourth-order valence-corrected chi connectivity index (χ4v) is 3.08. The van der Waals surface area contributed by atoms with Crippen LogP contribution < -0.4 is 10.2 Å². The Morgan fingerprint density at radius 1 is 1.21 bits per heavy atom. The molecule has 0 atom stereocenters. The Labute approximate surface area is 140 Å². The molecule has 2 aromatic heterocycles. The van der Waals surface area contributed by atoms with Gasteiger partial charge in [-0.2, -0.15) is 0 Å². The zero-order chi connectivity index (χ0) is 16.4. The van der Waals surface area contributed by atoms with Gasteiger partial charge in [-0.3, -0.25) is 4.79 Å². The van der Waals surface area contributed by atoms with E-state index in [1.165, 1.54) is 0 Å². The molecule has 2 aromatic rings. The highest BCUT2D eigenvalue weighted by Gasteiger charge is 2.29. The molecule has 126 valence electrons. The summed E-state index contributed by atoms with van der Waals surface area (Å²) in [7, 11) is 0. The minimum atomic E-state index is -0.139. The van der Waals surface area contributed by atoms with Gasteiger partial charge in [-0.25, -0.2) is 9.97 Å². The molecule has 1 aliphatic carbocycles. The SMILES string of the molecule is O=C(NCC1CCN(c2ncccn2)CC1)c1cc(C2CC2)on1. The van der Waals surface area contributed by atoms with E-state index < -0.39 is 0 Å². The van der Waals surface area contributed by atoms with E-state index in [2.05, 4.69) is 25.3 Å². The smallest absolute Gasteiger partial charge is 0.273 e. The third kappa shape index (κ3) is 3.39. The number of amides is 1. The molecule has 2 fully saturated rings. The van der Waals surface area contributed by atoms with Crippen molar-refractivity contribution in [3.8, 4) is 0 Å². The van der Waals surface area contributed by atoms with E-state index in [0.717, 1.165) is 50.5 Å². The Kier molecular flexibility index (Phi) is 4.15. The van der Waals surface area contributed by atoms with Crippen molar-refractivity contribution < 1.29 is 9.32 Å². The molecule has 3 heterocycles. The minimum Gasteiger partial charge on any atom is -0.360 e. The van der Waals surface area contributed by atoms with Gasteiger partial charge in [0.15, 0.2) is 5.69 Å². The van der Waals surface area contributed by atoms with Gasteiger partial charge in [0.25, 0.3) is 5.91 Å². The lowest BCUT2D eigenvalue weighted by Gasteiger charge is -2.31. The van der Waals surface area contributed by atoms with Gasteiger partial charge in [0.1, 0.15) is 5.76 Å². The predicted octanol–water partition coefficient (Wildman–Crippen LogP) is 1.99. The number of carbonyl (C=O) groups is 1. The number of nitrogens with zero attached hydrogens (tertiary/aromatic N) is 4. The lowest BCUT2D eigenvalue weighted by atomic mass is 9.97. The number of carbonyl (C=O) groups excluding carboxylic acids is 1. The molecule has 1 amide bonds. The largest absolute Gasteiger partial charge is 0.360 e. The van der Waals surface area contributed by atoms with Crippen molar-refractivity contribution in [3.63, 3.8) is 0 Å². The average molecular weight is 327 g/mol. The summed E-state index contributed by atoms with van der Waals surface area (Å²) in [6.07, 6.45) is 7.85. The average Bonchev–Trinajstić information content (AvgIpc) is 3.38. The summed E-state index contributed by atoms with van der Waals surface area (Å²) < 4.78 is 5.23. The first-order valence-corrected chi connectivity index (χ1v) is 8.56. The van der Waals surface area contributed by atoms with Gasteiger partial charge < -0.3 is 14.7 Å². The Morgan fingerprint density at radius 2 is 1.96 bits per heavy atom. The maximum atomic E-state index is 12.2. The van der Waals surface area contributed by atoms with Crippen LogP contribution in [0.5, 0.6) is 0 Å². The van der Waals surface area contributed by atoms with Crippen LogP contribution in [0.3, 0.4) is 0 Å². The van der Waals surface area contributed by atoms with Gasteiger partial charge in [-0.15, -0.1) is 0 Å². The van der Waals surface area contributed by atoms with Gasteiger partial charge in [0.2, 0.25) is 5.95 Å². The van der Waals surface area contributed by atoms with E-state index in [1.807, 2.05) is 6.07 Å². The van der Waals surface area contributed by atoms with E-state index in [4.69, 9.17) is 4.52 Å². The molecule has 0 radical (unpaired) electrons. The van der Waals surface area contributed by atoms with E-state index in [0.29, 0.717) is 24.1 Å². The lowest BCUT2D eigenvalue weighted by molar-refractivity contribution is 0.0935. The van der Waals surface area contributed by atoms with Crippen LogP contribution in [0.15, 0.2) is 29.0 Å². The molecular formula is C17H21N5O2. The Hall–Kier alpha value is -2.44. The second-order valence-electron chi connectivity index (χ2n) is 6.58. The number of rotatable bonds is 5. The number of hydrogen-bond acceptors (Lipinski definition) is 6. The van der Waals surface area contributed by atoms with Crippen molar-refractivity contribution in [2.75, 3.05) is 24.5 Å². The zero-order valence-electron chi connectivity index (χ0n) is 13.5. The topological polar surface area (TPSA) is 84.2 Å². The summed E-state index contributed by atoms with van der Waals surface area (Å²) in [5.74, 6) is 2.44. The van der Waals surface area contributed by atoms with Crippen molar-refractivity contribution in [2.24, 2.45) is 5.92 Å². The molecule has 1 N–H and O–H groups in total. The van der Waals surface area contributed by atoms with E-state index in [1.54, 1.807) is 18.5 Å². The second kappa shape index (κ2) is 6.59. The van der Waals surface area contributed by atoms with Gasteiger partial charge >= 0.3 is 0 Å². The van der Waals surface area contributed by atoms with Crippen molar-refractivity contribution in [1.82, 2.24) is 20.4 Å². The number of nitrogens with one attached hydrogen (secondary N) is 1. The maximum absolute atomic E-state index is 12.2. The molecule has 0 bridgehead atoms. The molecule has 7 heteroatoms. The fourth-order valence-electron chi connectivity index (χ4n) is 3.08. The monoisotopic (exact) mass is 327 g/mol. The molecule has 4 rings (SSSR count). The van der Waals surface area contributed by atoms with Crippen LogP contribution in [-0.2, 0) is 0 Å². The third-order valence-electron chi connectivity index (χ3n) is 4.74. The highest BCUT2D eigenvalue weighted by molar-refractivity contribution is 5.92. The van der Waals surface area contributed by atoms with Crippen LogP contribution >= 0.6 is 0 Å². The highest BCUT2D eigenvalue weighted by Crippen LogP contribution is 2.40. The minimum absolute atomic E-state index is 0.139. The Morgan fingerprint density at radius 3 is 2.67 bits per heavy atom. The number of anilines is 1. The highest BCUT2D eigenvalue weighted by atomic mass is 16.5. The molecule has 24 heavy (non-hydrogen) atoms. The Bertz CT molecular complexity index is 690. The molecule has 1 saturated heterocycles. The second-order valence-corrected chi connectivity index (χ2v) is 6.58. The summed E-state index contributed by atoms with van der Waals surface area (Å²) >= 11 is 0. The predicted molar refractivity (Wildman–Crippen MR) is 87.8 cm³/mol. The van der Waals surface area contributed by atoms with E-state index in [-0.39, 0.29) is 5.91 Å². The number of hydrogen-bond donors (Lipinski definition) is 1. The van der Waals surface area contributed by atoms with Gasteiger partial charge in [0.05, 0.1) is 0 Å². The first-order chi connectivity index (χ1) is 11.8. The molecule has 7 nitrogen and oxygen atoms in total. The summed E-state index contributed by atoms with van der Waals surface area (Å²) in [6, 6.07) is 3.60. The first kappa shape index (κ1) is 15.1. The van der Waals surface area contributed by atoms with Crippen LogP contribution in [0.2, 0.25) is 0 Å². The summed E-state index contributed by atoms with van der Waals surface area (Å²) in [4.78, 5) is 22.9. The summed E-state index contributed by atoms with van der Waals surface area (Å²) in [5, 5.41) is 6.87. The summed E-state index contributed by atoms with van der Waals surface area (Å²) in [5.41, 5.74) is 0.395. The van der Waals surface area contributed by atoms with Crippen LogP contribution in [0.25, 0.3) is 0 Å². The van der Waals surface area contributed by atoms with Crippen molar-refractivity contribution in [3.05, 3.63) is 36.0 Å². The quantitative estimate of drug-likeness (QED) is 0.904. The molecule has 2 aliphatic rings. The van der Waals surface area contributed by atoms with Crippen molar-refractivity contribution >= 4 is 11.9 Å². The van der Waals surface area contributed by atoms with Crippen LogP contribution in [0.1, 0.15) is 47.8 Å². The molecule has 1 aliphatic heterocycles. The molecular weight excluding hydrogens is 306 g/mol. The molecule has 0 aromatic carbocycles. The van der Waals surface area contributed by atoms with E-state index >= 15 is 0 Å². The Balaban J connectivity index is 1.24. The number of piperidine rings is 1. The van der Waals surface area contributed by atoms with Crippen LogP contribution in [0.4, 0.5) is 5.95 Å². The molecule has 1 saturated carbocycles. The molecule has 0 spiro atoms. The van der Waals surface area contributed by atoms with Crippen molar-refractivity contribution in [1.29, 1.82) is 0 Å². The van der Waals surface area contributed by atoms with Crippen LogP contribution in [0, 0.1) is 5.92 Å². The lowest BCUT2D eigenvalue weighted by Crippen LogP contribution is -2.39. The molecule has 0 unspecified atom stereocenters. The van der Waals surface area contributed by atoms with Gasteiger partial charge in [-0.05, 0) is 37.7 Å². The summed E-state index contributed by atoms with van der Waals surface area (Å²) in [6.45, 7) is 2.51. The normalized spacial score (nSPS) is 18.6. The standard InChI is InChI=1S/C17H21N5O2/c23-16(14-10-15(24-21-14)13-2-3-13)20-11-12-4-8-22(9-5-12)17-18-6-1-7-19-17/h1,6-7,10,12-13H,2-5,8-9,11H2,(H,20,23). The maximum Gasteiger partial charge on any atom is 0.273 e. The first-order valence-electron chi connectivity index (χ1n) is 8.56. The van der Waals surface area contributed by atoms with Crippen molar-refractivity contribution in [2.45, 2.75) is 31.6 Å². The van der Waals surface area contributed by atoms with Crippen LogP contribution in [-0.4, -0.2) is 40.7 Å². The number of aromatic nitrogens is 3. The van der Waals surface area contributed by atoms with Gasteiger partial charge in [0, 0.05) is 44.0 Å².